The number of carbonyl (C=O) groups is 1. The first-order chi connectivity index (χ1) is 12.7. The van der Waals surface area contributed by atoms with Gasteiger partial charge in [0.15, 0.2) is 0 Å². The molecular formula is C22H28N2O2. The summed E-state index contributed by atoms with van der Waals surface area (Å²) in [5.41, 5.74) is 4.31. The van der Waals surface area contributed by atoms with E-state index in [1.165, 1.54) is 11.1 Å². The summed E-state index contributed by atoms with van der Waals surface area (Å²) in [5, 5.41) is 3.23. The summed E-state index contributed by atoms with van der Waals surface area (Å²) in [6, 6.07) is 16.3. The van der Waals surface area contributed by atoms with E-state index in [-0.39, 0.29) is 11.9 Å². The normalized spacial score (nSPS) is 16.2. The Morgan fingerprint density at radius 2 is 1.73 bits per heavy atom. The van der Waals surface area contributed by atoms with Crippen molar-refractivity contribution < 1.29 is 9.53 Å². The molecule has 1 N–H and O–H groups in total. The van der Waals surface area contributed by atoms with E-state index in [0.717, 1.165) is 44.8 Å². The van der Waals surface area contributed by atoms with Crippen molar-refractivity contribution in [1.29, 1.82) is 0 Å². The second-order valence-corrected chi connectivity index (χ2v) is 6.90. The lowest BCUT2D eigenvalue weighted by molar-refractivity contribution is 0.0332. The molecule has 1 aliphatic rings. The number of amides is 1. The second kappa shape index (κ2) is 8.97. The molecule has 0 aromatic heterocycles. The average Bonchev–Trinajstić information content (AvgIpc) is 2.69. The highest BCUT2D eigenvalue weighted by atomic mass is 16.5. The molecule has 0 spiro atoms. The van der Waals surface area contributed by atoms with Gasteiger partial charge >= 0.3 is 0 Å². The van der Waals surface area contributed by atoms with E-state index >= 15 is 0 Å². The summed E-state index contributed by atoms with van der Waals surface area (Å²) in [7, 11) is 0. The number of hydrogen-bond donors (Lipinski definition) is 1. The van der Waals surface area contributed by atoms with Crippen molar-refractivity contribution in [2.24, 2.45) is 0 Å². The van der Waals surface area contributed by atoms with Crippen molar-refractivity contribution in [3.63, 3.8) is 0 Å². The fourth-order valence-corrected chi connectivity index (χ4v) is 3.21. The number of aryl methyl sites for hydroxylation is 2. The Morgan fingerprint density at radius 1 is 1.08 bits per heavy atom. The van der Waals surface area contributed by atoms with Crippen molar-refractivity contribution in [3.05, 3.63) is 70.8 Å². The minimum atomic E-state index is -0.0351. The Bertz CT molecular complexity index is 704. The van der Waals surface area contributed by atoms with Gasteiger partial charge in [-0.1, -0.05) is 48.9 Å². The largest absolute Gasteiger partial charge is 0.379 e. The van der Waals surface area contributed by atoms with Crippen LogP contribution >= 0.6 is 0 Å². The number of carbonyl (C=O) groups excluding carboxylic acids is 1. The van der Waals surface area contributed by atoms with Gasteiger partial charge in [0.1, 0.15) is 0 Å². The Balaban J connectivity index is 1.74. The molecule has 0 radical (unpaired) electrons. The maximum Gasteiger partial charge on any atom is 0.251 e. The van der Waals surface area contributed by atoms with Crippen LogP contribution in [-0.2, 0) is 11.2 Å². The van der Waals surface area contributed by atoms with Crippen LogP contribution in [0.3, 0.4) is 0 Å². The van der Waals surface area contributed by atoms with Crippen LogP contribution in [0, 0.1) is 6.92 Å². The summed E-state index contributed by atoms with van der Waals surface area (Å²) in [6.07, 6.45) is 0.977. The average molecular weight is 352 g/mol. The van der Waals surface area contributed by atoms with E-state index in [1.807, 2.05) is 24.3 Å². The molecule has 26 heavy (non-hydrogen) atoms. The number of rotatable bonds is 6. The zero-order chi connectivity index (χ0) is 18.4. The van der Waals surface area contributed by atoms with Crippen LogP contribution in [0.5, 0.6) is 0 Å². The van der Waals surface area contributed by atoms with Crippen molar-refractivity contribution in [3.8, 4) is 0 Å². The fraction of sp³-hybridized carbons (Fsp3) is 0.409. The van der Waals surface area contributed by atoms with Gasteiger partial charge in [-0.05, 0) is 36.6 Å². The Hall–Kier alpha value is -2.17. The van der Waals surface area contributed by atoms with E-state index in [4.69, 9.17) is 4.74 Å². The molecule has 1 fully saturated rings. The number of benzene rings is 2. The summed E-state index contributed by atoms with van der Waals surface area (Å²) in [4.78, 5) is 15.1. The zero-order valence-electron chi connectivity index (χ0n) is 15.7. The van der Waals surface area contributed by atoms with Crippen LogP contribution in [0.15, 0.2) is 48.5 Å². The van der Waals surface area contributed by atoms with Gasteiger partial charge in [0.05, 0.1) is 19.3 Å². The van der Waals surface area contributed by atoms with E-state index in [9.17, 15) is 4.79 Å². The minimum Gasteiger partial charge on any atom is -0.379 e. The standard InChI is InChI=1S/C22H28N2O2/c1-3-18-6-10-20(11-7-18)22(25)23-21(16-24-12-14-26-15-13-24)19-8-4-17(2)5-9-19/h4-11,21H,3,12-16H2,1-2H3,(H,23,25)/t21-/m0/s1. The molecule has 1 saturated heterocycles. The molecule has 138 valence electrons. The van der Waals surface area contributed by atoms with Gasteiger partial charge < -0.3 is 10.1 Å². The van der Waals surface area contributed by atoms with Crippen molar-refractivity contribution in [2.75, 3.05) is 32.8 Å². The molecule has 2 aromatic carbocycles. The highest BCUT2D eigenvalue weighted by molar-refractivity contribution is 5.94. The summed E-state index contributed by atoms with van der Waals surface area (Å²) >= 11 is 0. The Kier molecular flexibility index (Phi) is 6.42. The fourth-order valence-electron chi connectivity index (χ4n) is 3.21. The summed E-state index contributed by atoms with van der Waals surface area (Å²) in [6.45, 7) is 8.32. The van der Waals surface area contributed by atoms with Crippen molar-refractivity contribution >= 4 is 5.91 Å². The van der Waals surface area contributed by atoms with Gasteiger partial charge in [0.25, 0.3) is 5.91 Å². The van der Waals surface area contributed by atoms with Crippen LogP contribution in [-0.4, -0.2) is 43.7 Å². The first-order valence-electron chi connectivity index (χ1n) is 9.42. The number of morpholine rings is 1. The maximum absolute atomic E-state index is 12.8. The van der Waals surface area contributed by atoms with Gasteiger partial charge in [0.2, 0.25) is 0 Å². The van der Waals surface area contributed by atoms with Crippen LogP contribution < -0.4 is 5.32 Å². The van der Waals surface area contributed by atoms with Crippen LogP contribution in [0.25, 0.3) is 0 Å². The van der Waals surface area contributed by atoms with Gasteiger partial charge in [0, 0.05) is 25.2 Å². The minimum absolute atomic E-state index is 0.0218. The lowest BCUT2D eigenvalue weighted by atomic mass is 10.0. The lowest BCUT2D eigenvalue weighted by Gasteiger charge is -2.31. The molecule has 1 amide bonds. The van der Waals surface area contributed by atoms with E-state index in [2.05, 4.69) is 48.3 Å². The molecule has 0 unspecified atom stereocenters. The van der Waals surface area contributed by atoms with Crippen LogP contribution in [0.2, 0.25) is 0 Å². The number of ether oxygens (including phenoxy) is 1. The predicted octanol–water partition coefficient (Wildman–Crippen LogP) is 3.36. The first-order valence-corrected chi connectivity index (χ1v) is 9.42. The smallest absolute Gasteiger partial charge is 0.251 e. The Morgan fingerprint density at radius 3 is 2.35 bits per heavy atom. The lowest BCUT2D eigenvalue weighted by Crippen LogP contribution is -2.43. The zero-order valence-corrected chi connectivity index (χ0v) is 15.7. The summed E-state index contributed by atoms with van der Waals surface area (Å²) < 4.78 is 5.45. The molecule has 0 saturated carbocycles. The predicted molar refractivity (Wildman–Crippen MR) is 104 cm³/mol. The highest BCUT2D eigenvalue weighted by Gasteiger charge is 2.20. The molecule has 4 nitrogen and oxygen atoms in total. The first kappa shape index (κ1) is 18.6. The molecule has 2 aromatic rings. The van der Waals surface area contributed by atoms with Crippen LogP contribution in [0.1, 0.15) is 40.0 Å². The number of nitrogens with one attached hydrogen (secondary N) is 1. The molecule has 1 aliphatic heterocycles. The van der Waals surface area contributed by atoms with Gasteiger partial charge in [-0.3, -0.25) is 9.69 Å². The van der Waals surface area contributed by atoms with Crippen LogP contribution in [0.4, 0.5) is 0 Å². The second-order valence-electron chi connectivity index (χ2n) is 6.90. The SMILES string of the molecule is CCc1ccc(C(=O)N[C@@H](CN2CCOCC2)c2ccc(C)cc2)cc1. The topological polar surface area (TPSA) is 41.6 Å². The van der Waals surface area contributed by atoms with Gasteiger partial charge in [-0.15, -0.1) is 0 Å². The van der Waals surface area contributed by atoms with E-state index in [1.54, 1.807) is 0 Å². The quantitative estimate of drug-likeness (QED) is 0.867. The molecule has 1 heterocycles. The molecular weight excluding hydrogens is 324 g/mol. The molecule has 0 aliphatic carbocycles. The number of nitrogens with zero attached hydrogens (tertiary/aromatic N) is 1. The van der Waals surface area contributed by atoms with Gasteiger partial charge in [-0.25, -0.2) is 0 Å². The highest BCUT2D eigenvalue weighted by Crippen LogP contribution is 2.17. The summed E-state index contributed by atoms with van der Waals surface area (Å²) in [5.74, 6) is -0.0218. The third kappa shape index (κ3) is 4.93. The molecule has 1 atom stereocenters. The third-order valence-electron chi connectivity index (χ3n) is 4.95. The third-order valence-corrected chi connectivity index (χ3v) is 4.95. The Labute approximate surface area is 156 Å². The molecule has 0 bridgehead atoms. The van der Waals surface area contributed by atoms with E-state index in [0.29, 0.717) is 5.56 Å². The monoisotopic (exact) mass is 352 g/mol. The van der Waals surface area contributed by atoms with Gasteiger partial charge in [-0.2, -0.15) is 0 Å². The molecule has 4 heteroatoms. The molecule has 3 rings (SSSR count). The van der Waals surface area contributed by atoms with Crippen molar-refractivity contribution in [2.45, 2.75) is 26.3 Å². The van der Waals surface area contributed by atoms with Crippen molar-refractivity contribution in [1.82, 2.24) is 10.2 Å². The number of hydrogen-bond acceptors (Lipinski definition) is 3. The van der Waals surface area contributed by atoms with E-state index < -0.39 is 0 Å². The maximum atomic E-state index is 12.8.